The average Bonchev–Trinajstić information content (AvgIpc) is 2.99. The first-order chi connectivity index (χ1) is 11.2. The molecule has 23 heavy (non-hydrogen) atoms. The van der Waals surface area contributed by atoms with E-state index < -0.39 is 0 Å². The number of aromatic amines is 1. The highest BCUT2D eigenvalue weighted by atomic mass is 15.1. The zero-order valence-electron chi connectivity index (χ0n) is 13.1. The van der Waals surface area contributed by atoms with E-state index in [0.717, 1.165) is 22.4 Å². The second-order valence-corrected chi connectivity index (χ2v) is 5.41. The van der Waals surface area contributed by atoms with Crippen molar-refractivity contribution in [2.24, 2.45) is 4.99 Å². The molecule has 0 saturated carbocycles. The quantitative estimate of drug-likeness (QED) is 0.748. The summed E-state index contributed by atoms with van der Waals surface area (Å²) >= 11 is 0. The Labute approximate surface area is 134 Å². The maximum atomic E-state index is 9.09. The molecule has 0 saturated heterocycles. The normalized spacial score (nSPS) is 11.4. The molecule has 0 aliphatic rings. The van der Waals surface area contributed by atoms with Gasteiger partial charge in [-0.25, -0.2) is 9.98 Å². The Morgan fingerprint density at radius 3 is 2.57 bits per heavy atom. The van der Waals surface area contributed by atoms with Gasteiger partial charge >= 0.3 is 0 Å². The molecule has 2 aromatic carbocycles. The maximum Gasteiger partial charge on any atom is 0.154 e. The van der Waals surface area contributed by atoms with Gasteiger partial charge in [-0.2, -0.15) is 5.26 Å². The van der Waals surface area contributed by atoms with Crippen LogP contribution >= 0.6 is 0 Å². The molecule has 0 aliphatic carbocycles. The predicted octanol–water partition coefficient (Wildman–Crippen LogP) is 3.66. The minimum absolute atomic E-state index is 0.204. The Morgan fingerprint density at radius 2 is 1.91 bits per heavy atom. The van der Waals surface area contributed by atoms with Gasteiger partial charge in [0.1, 0.15) is 0 Å². The molecule has 0 bridgehead atoms. The standard InChI is InChI=1S/C18H17N5/c1-23(2)14-9-7-13(8-10-14)20-17(11-12-19)18-21-15-5-3-4-6-16(15)22-18/h3-10H,11H2,1-2H3,(H,21,22). The Balaban J connectivity index is 1.98. The minimum atomic E-state index is 0.204. The third-order valence-electron chi connectivity index (χ3n) is 3.54. The summed E-state index contributed by atoms with van der Waals surface area (Å²) < 4.78 is 0. The average molecular weight is 303 g/mol. The summed E-state index contributed by atoms with van der Waals surface area (Å²) in [5.74, 6) is 0.643. The lowest BCUT2D eigenvalue weighted by atomic mass is 10.2. The van der Waals surface area contributed by atoms with E-state index >= 15 is 0 Å². The molecule has 3 rings (SSSR count). The number of rotatable bonds is 4. The van der Waals surface area contributed by atoms with Gasteiger partial charge < -0.3 is 9.88 Å². The van der Waals surface area contributed by atoms with Crippen LogP contribution in [0.3, 0.4) is 0 Å². The van der Waals surface area contributed by atoms with Crippen LogP contribution in [0.1, 0.15) is 12.2 Å². The van der Waals surface area contributed by atoms with Gasteiger partial charge in [0.2, 0.25) is 0 Å². The third-order valence-corrected chi connectivity index (χ3v) is 3.54. The Bertz CT molecular complexity index is 849. The number of aliphatic imine (C=N–C) groups is 1. The van der Waals surface area contributed by atoms with Crippen LogP contribution in [0.5, 0.6) is 0 Å². The molecule has 1 N–H and O–H groups in total. The lowest BCUT2D eigenvalue weighted by Crippen LogP contribution is -2.07. The van der Waals surface area contributed by atoms with Gasteiger partial charge in [0.05, 0.1) is 34.9 Å². The van der Waals surface area contributed by atoms with Crippen molar-refractivity contribution in [1.82, 2.24) is 9.97 Å². The number of nitriles is 1. The van der Waals surface area contributed by atoms with Crippen molar-refractivity contribution < 1.29 is 0 Å². The zero-order valence-corrected chi connectivity index (χ0v) is 13.1. The first kappa shape index (κ1) is 14.8. The summed E-state index contributed by atoms with van der Waals surface area (Å²) in [5.41, 5.74) is 4.37. The van der Waals surface area contributed by atoms with Crippen molar-refractivity contribution in [3.05, 3.63) is 54.4 Å². The smallest absolute Gasteiger partial charge is 0.154 e. The molecule has 0 radical (unpaired) electrons. The predicted molar refractivity (Wildman–Crippen MR) is 93.3 cm³/mol. The minimum Gasteiger partial charge on any atom is -0.378 e. The molecule has 0 amide bonds. The van der Waals surface area contributed by atoms with Crippen LogP contribution in [0.25, 0.3) is 11.0 Å². The van der Waals surface area contributed by atoms with Crippen molar-refractivity contribution in [2.75, 3.05) is 19.0 Å². The summed E-state index contributed by atoms with van der Waals surface area (Å²) in [5, 5.41) is 9.09. The van der Waals surface area contributed by atoms with Gasteiger partial charge in [-0.05, 0) is 36.4 Å². The molecular formula is C18H17N5. The third kappa shape index (κ3) is 3.22. The van der Waals surface area contributed by atoms with Crippen molar-refractivity contribution in [1.29, 1.82) is 5.26 Å². The molecule has 5 heteroatoms. The highest BCUT2D eigenvalue weighted by molar-refractivity contribution is 6.02. The number of anilines is 1. The molecule has 1 aromatic heterocycles. The molecule has 114 valence electrons. The van der Waals surface area contributed by atoms with Crippen LogP contribution in [0.2, 0.25) is 0 Å². The fourth-order valence-electron chi connectivity index (χ4n) is 2.32. The summed E-state index contributed by atoms with van der Waals surface area (Å²) in [4.78, 5) is 14.4. The molecule has 0 spiro atoms. The number of fused-ring (bicyclic) bond motifs is 1. The van der Waals surface area contributed by atoms with Crippen molar-refractivity contribution in [2.45, 2.75) is 6.42 Å². The number of imidazole rings is 1. The van der Waals surface area contributed by atoms with Crippen LogP contribution in [0.15, 0.2) is 53.5 Å². The van der Waals surface area contributed by atoms with E-state index in [1.807, 2.05) is 67.5 Å². The largest absolute Gasteiger partial charge is 0.378 e. The van der Waals surface area contributed by atoms with Gasteiger partial charge in [0.15, 0.2) is 5.82 Å². The van der Waals surface area contributed by atoms with Crippen molar-refractivity contribution >= 4 is 28.1 Å². The lowest BCUT2D eigenvalue weighted by Gasteiger charge is -2.11. The van der Waals surface area contributed by atoms with Gasteiger partial charge in [-0.15, -0.1) is 0 Å². The molecule has 1 heterocycles. The highest BCUT2D eigenvalue weighted by Gasteiger charge is 2.09. The van der Waals surface area contributed by atoms with Crippen molar-refractivity contribution in [3.63, 3.8) is 0 Å². The van der Waals surface area contributed by atoms with Gasteiger partial charge in [-0.3, -0.25) is 0 Å². The summed E-state index contributed by atoms with van der Waals surface area (Å²) in [6.45, 7) is 0. The molecule has 0 unspecified atom stereocenters. The number of para-hydroxylation sites is 2. The van der Waals surface area contributed by atoms with Gasteiger partial charge in [0, 0.05) is 19.8 Å². The maximum absolute atomic E-state index is 9.09. The molecule has 0 aliphatic heterocycles. The first-order valence-corrected chi connectivity index (χ1v) is 7.34. The van der Waals surface area contributed by atoms with Crippen LogP contribution < -0.4 is 4.90 Å². The lowest BCUT2D eigenvalue weighted by molar-refractivity contribution is 1.13. The fraction of sp³-hybridized carbons (Fsp3) is 0.167. The first-order valence-electron chi connectivity index (χ1n) is 7.34. The Morgan fingerprint density at radius 1 is 1.17 bits per heavy atom. The summed E-state index contributed by atoms with van der Waals surface area (Å²) in [6.07, 6.45) is 0.204. The second-order valence-electron chi connectivity index (χ2n) is 5.41. The molecule has 5 nitrogen and oxygen atoms in total. The number of benzene rings is 2. The number of hydrogen-bond acceptors (Lipinski definition) is 4. The fourth-order valence-corrected chi connectivity index (χ4v) is 2.32. The molecule has 0 fully saturated rings. The van der Waals surface area contributed by atoms with E-state index in [4.69, 9.17) is 5.26 Å². The molecule has 0 atom stereocenters. The topological polar surface area (TPSA) is 68.1 Å². The Hall–Kier alpha value is -3.13. The van der Waals surface area contributed by atoms with E-state index in [1.165, 1.54) is 0 Å². The van der Waals surface area contributed by atoms with E-state index in [2.05, 4.69) is 21.0 Å². The summed E-state index contributed by atoms with van der Waals surface area (Å²) in [7, 11) is 3.99. The number of hydrogen-bond donors (Lipinski definition) is 1. The number of H-pyrrole nitrogens is 1. The SMILES string of the molecule is CN(C)c1ccc(N=C(CC#N)c2nc3ccccc3[nH]2)cc1. The monoisotopic (exact) mass is 303 g/mol. The number of nitrogens with one attached hydrogen (secondary N) is 1. The van der Waals surface area contributed by atoms with Crippen LogP contribution in [0.4, 0.5) is 11.4 Å². The van der Waals surface area contributed by atoms with E-state index in [0.29, 0.717) is 11.5 Å². The van der Waals surface area contributed by atoms with E-state index in [-0.39, 0.29) is 6.42 Å². The van der Waals surface area contributed by atoms with Gasteiger partial charge in [-0.1, -0.05) is 12.1 Å². The Kier molecular flexibility index (Phi) is 4.07. The highest BCUT2D eigenvalue weighted by Crippen LogP contribution is 2.20. The van der Waals surface area contributed by atoms with Crippen LogP contribution in [-0.4, -0.2) is 29.8 Å². The van der Waals surface area contributed by atoms with Crippen LogP contribution in [0, 0.1) is 11.3 Å². The molecular weight excluding hydrogens is 286 g/mol. The van der Waals surface area contributed by atoms with Gasteiger partial charge in [0.25, 0.3) is 0 Å². The molecule has 3 aromatic rings. The second kappa shape index (κ2) is 6.32. The van der Waals surface area contributed by atoms with Crippen molar-refractivity contribution in [3.8, 4) is 6.07 Å². The van der Waals surface area contributed by atoms with Crippen LogP contribution in [-0.2, 0) is 0 Å². The number of aromatic nitrogens is 2. The number of nitrogens with zero attached hydrogens (tertiary/aromatic N) is 4. The van der Waals surface area contributed by atoms with E-state index in [1.54, 1.807) is 0 Å². The summed E-state index contributed by atoms with van der Waals surface area (Å²) in [6, 6.07) is 17.8. The zero-order chi connectivity index (χ0) is 16.2. The van der Waals surface area contributed by atoms with E-state index in [9.17, 15) is 0 Å².